The number of thiophene rings is 1. The van der Waals surface area contributed by atoms with Crippen molar-refractivity contribution in [1.82, 2.24) is 14.5 Å². The van der Waals surface area contributed by atoms with Gasteiger partial charge in [0, 0.05) is 30.6 Å². The third kappa shape index (κ3) is 6.71. The van der Waals surface area contributed by atoms with Crippen molar-refractivity contribution in [1.29, 1.82) is 0 Å². The molecule has 7 nitrogen and oxygen atoms in total. The molecular formula is C26H37N3O4S2. The standard InChI is InChI=1S/C26H37N3O4S2/c1-28(2)26(24-9-6-16-34-24)21-12-10-20(11-13-21)17-27-25(30)19-33-22-14-15-29(18-22)35(31,32)23-7-4-3-5-8-23/h3-9,16,20-22,26H,10-15,17-19H2,1-2H3,(H,27,30). The summed E-state index contributed by atoms with van der Waals surface area (Å²) in [5, 5.41) is 5.19. The number of carbonyl (C=O) groups is 1. The van der Waals surface area contributed by atoms with E-state index in [1.54, 1.807) is 30.3 Å². The zero-order valence-corrected chi connectivity index (χ0v) is 22.3. The summed E-state index contributed by atoms with van der Waals surface area (Å²) in [5.74, 6) is 1.02. The maximum atomic E-state index is 12.8. The van der Waals surface area contributed by atoms with Crippen LogP contribution in [0.25, 0.3) is 0 Å². The first-order chi connectivity index (χ1) is 16.8. The molecule has 1 aliphatic carbocycles. The monoisotopic (exact) mass is 519 g/mol. The van der Waals surface area contributed by atoms with E-state index in [4.69, 9.17) is 4.74 Å². The Hall–Kier alpha value is -1.78. The number of sulfonamides is 1. The van der Waals surface area contributed by atoms with E-state index in [1.165, 1.54) is 22.0 Å². The average molecular weight is 520 g/mol. The molecule has 192 valence electrons. The lowest BCUT2D eigenvalue weighted by Crippen LogP contribution is -2.36. The SMILES string of the molecule is CN(C)C(c1cccs1)C1CCC(CNC(=O)COC2CCN(S(=O)(=O)c3ccccc3)C2)CC1. The van der Waals surface area contributed by atoms with Gasteiger partial charge in [-0.2, -0.15) is 4.31 Å². The van der Waals surface area contributed by atoms with Crippen LogP contribution < -0.4 is 5.32 Å². The lowest BCUT2D eigenvalue weighted by molar-refractivity contribution is -0.127. The van der Waals surface area contributed by atoms with Gasteiger partial charge in [0.15, 0.2) is 0 Å². The van der Waals surface area contributed by atoms with Crippen molar-refractivity contribution >= 4 is 27.3 Å². The fraction of sp³-hybridized carbons (Fsp3) is 0.577. The van der Waals surface area contributed by atoms with Crippen LogP contribution in [-0.4, -0.2) is 70.0 Å². The van der Waals surface area contributed by atoms with E-state index < -0.39 is 10.0 Å². The molecule has 1 saturated carbocycles. The highest BCUT2D eigenvalue weighted by molar-refractivity contribution is 7.89. The topological polar surface area (TPSA) is 79.0 Å². The molecule has 1 aliphatic heterocycles. The molecule has 0 spiro atoms. The minimum atomic E-state index is -3.52. The molecule has 0 bridgehead atoms. The Bertz CT molecular complexity index is 1040. The third-order valence-corrected chi connectivity index (χ3v) is 10.1. The van der Waals surface area contributed by atoms with Gasteiger partial charge in [0.1, 0.15) is 6.61 Å². The van der Waals surface area contributed by atoms with Crippen LogP contribution in [0.4, 0.5) is 0 Å². The van der Waals surface area contributed by atoms with E-state index in [-0.39, 0.29) is 25.2 Å². The average Bonchev–Trinajstić information content (AvgIpc) is 3.56. The van der Waals surface area contributed by atoms with Crippen LogP contribution in [0.15, 0.2) is 52.7 Å². The molecule has 1 saturated heterocycles. The number of hydrogen-bond acceptors (Lipinski definition) is 6. The molecular weight excluding hydrogens is 482 g/mol. The Morgan fingerprint density at radius 2 is 1.86 bits per heavy atom. The van der Waals surface area contributed by atoms with Crippen molar-refractivity contribution in [2.45, 2.75) is 49.1 Å². The molecule has 2 heterocycles. The van der Waals surface area contributed by atoms with E-state index in [1.807, 2.05) is 11.3 Å². The second-order valence-electron chi connectivity index (χ2n) is 9.91. The van der Waals surface area contributed by atoms with Gasteiger partial charge in [-0.3, -0.25) is 4.79 Å². The van der Waals surface area contributed by atoms with Gasteiger partial charge in [-0.05, 0) is 81.6 Å². The first kappa shape index (κ1) is 26.3. The Kier molecular flexibility index (Phi) is 8.99. The second-order valence-corrected chi connectivity index (χ2v) is 12.8. The summed E-state index contributed by atoms with van der Waals surface area (Å²) < 4.78 is 32.7. The van der Waals surface area contributed by atoms with Gasteiger partial charge in [0.05, 0.1) is 11.0 Å². The van der Waals surface area contributed by atoms with Crippen LogP contribution in [0.5, 0.6) is 0 Å². The Morgan fingerprint density at radius 1 is 1.11 bits per heavy atom. The van der Waals surface area contributed by atoms with Gasteiger partial charge in [-0.25, -0.2) is 8.42 Å². The maximum Gasteiger partial charge on any atom is 0.246 e. The lowest BCUT2D eigenvalue weighted by Gasteiger charge is -2.37. The lowest BCUT2D eigenvalue weighted by atomic mass is 9.77. The molecule has 0 radical (unpaired) electrons. The molecule has 2 unspecified atom stereocenters. The zero-order valence-electron chi connectivity index (χ0n) is 20.6. The molecule has 2 fully saturated rings. The summed E-state index contributed by atoms with van der Waals surface area (Å²) in [6, 6.07) is 13.3. The second kappa shape index (κ2) is 12.0. The van der Waals surface area contributed by atoms with Gasteiger partial charge >= 0.3 is 0 Å². The number of carbonyl (C=O) groups excluding carboxylic acids is 1. The summed E-state index contributed by atoms with van der Waals surface area (Å²) in [5.41, 5.74) is 0. The van der Waals surface area contributed by atoms with Crippen molar-refractivity contribution < 1.29 is 17.9 Å². The number of amides is 1. The van der Waals surface area contributed by atoms with Gasteiger partial charge in [-0.1, -0.05) is 24.3 Å². The van der Waals surface area contributed by atoms with Crippen LogP contribution in [0, 0.1) is 11.8 Å². The van der Waals surface area contributed by atoms with Crippen molar-refractivity contribution in [3.05, 3.63) is 52.7 Å². The summed E-state index contributed by atoms with van der Waals surface area (Å²) >= 11 is 1.84. The number of rotatable bonds is 10. The smallest absolute Gasteiger partial charge is 0.246 e. The fourth-order valence-electron chi connectivity index (χ4n) is 5.37. The van der Waals surface area contributed by atoms with Crippen LogP contribution in [0.3, 0.4) is 0 Å². The minimum Gasteiger partial charge on any atom is -0.367 e. The molecule has 4 rings (SSSR count). The van der Waals surface area contributed by atoms with Crippen molar-refractivity contribution in [2.24, 2.45) is 11.8 Å². The first-order valence-corrected chi connectivity index (χ1v) is 14.8. The molecule has 1 aromatic carbocycles. The summed E-state index contributed by atoms with van der Waals surface area (Å²) in [7, 11) is 0.813. The highest BCUT2D eigenvalue weighted by Crippen LogP contribution is 2.40. The number of nitrogens with zero attached hydrogens (tertiary/aromatic N) is 2. The maximum absolute atomic E-state index is 12.8. The predicted molar refractivity (Wildman–Crippen MR) is 139 cm³/mol. The van der Waals surface area contributed by atoms with Crippen molar-refractivity contribution in [3.63, 3.8) is 0 Å². The molecule has 1 amide bonds. The Morgan fingerprint density at radius 3 is 2.51 bits per heavy atom. The van der Waals surface area contributed by atoms with E-state index >= 15 is 0 Å². The molecule has 2 atom stereocenters. The fourth-order valence-corrected chi connectivity index (χ4v) is 7.89. The summed E-state index contributed by atoms with van der Waals surface area (Å²) in [6.45, 7) is 1.35. The highest BCUT2D eigenvalue weighted by atomic mass is 32.2. The van der Waals surface area contributed by atoms with Crippen LogP contribution in [-0.2, 0) is 19.6 Å². The number of nitrogens with one attached hydrogen (secondary N) is 1. The molecule has 35 heavy (non-hydrogen) atoms. The van der Waals surface area contributed by atoms with Crippen LogP contribution in [0.1, 0.15) is 43.0 Å². The first-order valence-electron chi connectivity index (χ1n) is 12.5. The van der Waals surface area contributed by atoms with Gasteiger partial charge in [-0.15, -0.1) is 11.3 Å². The predicted octanol–water partition coefficient (Wildman–Crippen LogP) is 3.75. The summed E-state index contributed by atoms with van der Waals surface area (Å²) in [4.78, 5) is 16.5. The summed E-state index contributed by atoms with van der Waals surface area (Å²) in [6.07, 6.45) is 4.93. The van der Waals surface area contributed by atoms with E-state index in [0.29, 0.717) is 42.3 Å². The van der Waals surface area contributed by atoms with Gasteiger partial charge in [0.2, 0.25) is 15.9 Å². The van der Waals surface area contributed by atoms with E-state index in [9.17, 15) is 13.2 Å². The van der Waals surface area contributed by atoms with Crippen LogP contribution >= 0.6 is 11.3 Å². The van der Waals surface area contributed by atoms with E-state index in [0.717, 1.165) is 12.8 Å². The van der Waals surface area contributed by atoms with E-state index in [2.05, 4.69) is 41.8 Å². The Balaban J connectivity index is 1.16. The van der Waals surface area contributed by atoms with Crippen molar-refractivity contribution in [3.8, 4) is 0 Å². The third-order valence-electron chi connectivity index (χ3n) is 7.26. The largest absolute Gasteiger partial charge is 0.367 e. The number of ether oxygens (including phenoxy) is 1. The van der Waals surface area contributed by atoms with Crippen LogP contribution in [0.2, 0.25) is 0 Å². The quantitative estimate of drug-likeness (QED) is 0.517. The normalized spacial score (nSPS) is 24.5. The molecule has 1 N–H and O–H groups in total. The number of hydrogen-bond donors (Lipinski definition) is 1. The molecule has 1 aromatic heterocycles. The number of benzene rings is 1. The van der Waals surface area contributed by atoms with Gasteiger partial charge in [0.25, 0.3) is 0 Å². The molecule has 2 aliphatic rings. The molecule has 2 aromatic rings. The molecule has 9 heteroatoms. The highest BCUT2D eigenvalue weighted by Gasteiger charge is 2.33. The van der Waals surface area contributed by atoms with Gasteiger partial charge < -0.3 is 15.0 Å². The van der Waals surface area contributed by atoms with Crippen molar-refractivity contribution in [2.75, 3.05) is 40.3 Å². The Labute approximate surface area is 213 Å². The minimum absolute atomic E-state index is 0.0275. The zero-order chi connectivity index (χ0) is 24.8.